The fourth-order valence-electron chi connectivity index (χ4n) is 4.40. The van der Waals surface area contributed by atoms with Crippen molar-refractivity contribution in [3.05, 3.63) is 80.7 Å². The number of carbonyl (C=O) groups is 1. The predicted octanol–water partition coefficient (Wildman–Crippen LogP) is 3.91. The number of aromatic amines is 1. The largest absolute Gasteiger partial charge is 0.478 e. The fourth-order valence-corrected chi connectivity index (χ4v) is 4.40. The van der Waals surface area contributed by atoms with Gasteiger partial charge in [-0.2, -0.15) is 0 Å². The normalized spacial score (nSPS) is 18.4. The van der Waals surface area contributed by atoms with Crippen molar-refractivity contribution in [3.63, 3.8) is 0 Å². The van der Waals surface area contributed by atoms with Gasteiger partial charge in [0, 0.05) is 13.1 Å². The van der Waals surface area contributed by atoms with Gasteiger partial charge in [0.2, 0.25) is 5.62 Å². The molecule has 9 heteroatoms. The SMILES string of the molecule is CCn1c(=O)[nH]/c(=N\c2ccc(Oc3cccc(C(=O)O)c3)cc2)n(C[C@H]2CC[C@H](C)CC2)c1=O. The molecule has 0 bridgehead atoms. The van der Waals surface area contributed by atoms with E-state index < -0.39 is 11.7 Å². The monoisotopic (exact) mass is 478 g/mol. The topological polar surface area (TPSA) is 119 Å². The number of aromatic carboxylic acids is 1. The molecule has 35 heavy (non-hydrogen) atoms. The molecule has 1 saturated carbocycles. The molecule has 0 aliphatic heterocycles. The van der Waals surface area contributed by atoms with Gasteiger partial charge in [0.25, 0.3) is 0 Å². The Morgan fingerprint density at radius 2 is 1.77 bits per heavy atom. The van der Waals surface area contributed by atoms with Crippen molar-refractivity contribution in [2.45, 2.75) is 52.6 Å². The zero-order valence-electron chi connectivity index (χ0n) is 19.9. The van der Waals surface area contributed by atoms with E-state index in [0.29, 0.717) is 35.6 Å². The zero-order chi connectivity index (χ0) is 24.9. The Kier molecular flexibility index (Phi) is 7.33. The number of nitrogens with one attached hydrogen (secondary N) is 1. The van der Waals surface area contributed by atoms with Crippen LogP contribution in [-0.2, 0) is 13.1 Å². The molecule has 2 aromatic carbocycles. The molecule has 9 nitrogen and oxygen atoms in total. The third-order valence-corrected chi connectivity index (χ3v) is 6.46. The van der Waals surface area contributed by atoms with E-state index in [1.54, 1.807) is 47.9 Å². The van der Waals surface area contributed by atoms with Gasteiger partial charge >= 0.3 is 17.3 Å². The molecule has 0 unspecified atom stereocenters. The first-order valence-electron chi connectivity index (χ1n) is 11.9. The van der Waals surface area contributed by atoms with E-state index in [2.05, 4.69) is 16.9 Å². The van der Waals surface area contributed by atoms with Gasteiger partial charge in [-0.1, -0.05) is 25.8 Å². The van der Waals surface area contributed by atoms with Gasteiger partial charge in [0.15, 0.2) is 0 Å². The Morgan fingerprint density at radius 3 is 2.43 bits per heavy atom. The second-order valence-corrected chi connectivity index (χ2v) is 9.06. The van der Waals surface area contributed by atoms with Crippen LogP contribution in [0.4, 0.5) is 5.69 Å². The summed E-state index contributed by atoms with van der Waals surface area (Å²) in [5, 5.41) is 9.14. The van der Waals surface area contributed by atoms with Crippen molar-refractivity contribution in [1.29, 1.82) is 0 Å². The van der Waals surface area contributed by atoms with Gasteiger partial charge < -0.3 is 9.84 Å². The Bertz CT molecular complexity index is 1380. The number of carboxylic acid groups (broad SMARTS) is 1. The van der Waals surface area contributed by atoms with E-state index in [0.717, 1.165) is 25.7 Å². The molecule has 1 fully saturated rings. The Morgan fingerprint density at radius 1 is 1.06 bits per heavy atom. The first kappa shape index (κ1) is 24.3. The fraction of sp³-hybridized carbons (Fsp3) is 0.385. The minimum absolute atomic E-state index is 0.136. The summed E-state index contributed by atoms with van der Waals surface area (Å²) in [5.74, 6) is 0.953. The van der Waals surface area contributed by atoms with Crippen LogP contribution in [0.5, 0.6) is 11.5 Å². The van der Waals surface area contributed by atoms with Crippen LogP contribution < -0.4 is 21.7 Å². The Balaban J connectivity index is 1.63. The van der Waals surface area contributed by atoms with Crippen LogP contribution in [-0.4, -0.2) is 25.2 Å². The van der Waals surface area contributed by atoms with Crippen molar-refractivity contribution < 1.29 is 14.6 Å². The van der Waals surface area contributed by atoms with Crippen molar-refractivity contribution in [2.75, 3.05) is 0 Å². The first-order chi connectivity index (χ1) is 16.8. The highest BCUT2D eigenvalue weighted by molar-refractivity contribution is 5.88. The third kappa shape index (κ3) is 5.79. The predicted molar refractivity (Wildman–Crippen MR) is 131 cm³/mol. The molecular formula is C26H30N4O5. The van der Waals surface area contributed by atoms with Crippen LogP contribution in [0.25, 0.3) is 0 Å². The molecule has 184 valence electrons. The van der Waals surface area contributed by atoms with Crippen LogP contribution in [0, 0.1) is 11.8 Å². The minimum atomic E-state index is -1.03. The summed E-state index contributed by atoms with van der Waals surface area (Å²) in [6, 6.07) is 13.1. The average molecular weight is 479 g/mol. The van der Waals surface area contributed by atoms with Gasteiger partial charge in [0.05, 0.1) is 11.3 Å². The van der Waals surface area contributed by atoms with E-state index in [1.807, 2.05) is 0 Å². The number of ether oxygens (including phenoxy) is 1. The number of rotatable bonds is 7. The summed E-state index contributed by atoms with van der Waals surface area (Å²) in [6.45, 7) is 4.82. The lowest BCUT2D eigenvalue weighted by atomic mass is 9.83. The van der Waals surface area contributed by atoms with Gasteiger partial charge in [-0.3, -0.25) is 9.55 Å². The van der Waals surface area contributed by atoms with Crippen molar-refractivity contribution >= 4 is 11.7 Å². The molecule has 0 saturated heterocycles. The van der Waals surface area contributed by atoms with E-state index in [9.17, 15) is 14.4 Å². The molecule has 1 aromatic heterocycles. The molecule has 0 amide bonds. The summed E-state index contributed by atoms with van der Waals surface area (Å²) in [4.78, 5) is 44.1. The summed E-state index contributed by atoms with van der Waals surface area (Å²) in [6.07, 6.45) is 4.38. The second kappa shape index (κ2) is 10.6. The smallest absolute Gasteiger partial charge is 0.335 e. The first-order valence-corrected chi connectivity index (χ1v) is 11.9. The second-order valence-electron chi connectivity index (χ2n) is 9.06. The lowest BCUT2D eigenvalue weighted by Crippen LogP contribution is -2.50. The lowest BCUT2D eigenvalue weighted by Gasteiger charge is -2.26. The molecule has 1 aliphatic carbocycles. The lowest BCUT2D eigenvalue weighted by molar-refractivity contribution is 0.0696. The third-order valence-electron chi connectivity index (χ3n) is 6.46. The van der Waals surface area contributed by atoms with Crippen LogP contribution >= 0.6 is 0 Å². The molecule has 0 atom stereocenters. The number of hydrogen-bond acceptors (Lipinski definition) is 5. The Hall–Kier alpha value is -3.88. The molecular weight excluding hydrogens is 448 g/mol. The summed E-state index contributed by atoms with van der Waals surface area (Å²) < 4.78 is 8.52. The van der Waals surface area contributed by atoms with Crippen LogP contribution in [0.15, 0.2) is 63.1 Å². The van der Waals surface area contributed by atoms with Crippen molar-refractivity contribution in [2.24, 2.45) is 16.8 Å². The maximum Gasteiger partial charge on any atom is 0.335 e. The van der Waals surface area contributed by atoms with Crippen molar-refractivity contribution in [3.8, 4) is 11.5 Å². The standard InChI is InChI=1S/C26H30N4O5/c1-3-29-25(33)28-24(30(26(29)34)16-18-9-7-17(2)8-10-18)27-20-11-13-21(14-12-20)35-22-6-4-5-19(15-22)23(31)32/h4-6,11-15,17-18H,3,7-10,16H2,1-2H3,(H,31,32)(H,27,28,33)/t17-,18-. The quantitative estimate of drug-likeness (QED) is 0.534. The van der Waals surface area contributed by atoms with Gasteiger partial charge in [-0.15, -0.1) is 0 Å². The summed E-state index contributed by atoms with van der Waals surface area (Å²) in [7, 11) is 0. The summed E-state index contributed by atoms with van der Waals surface area (Å²) >= 11 is 0. The highest BCUT2D eigenvalue weighted by atomic mass is 16.5. The van der Waals surface area contributed by atoms with Crippen molar-refractivity contribution in [1.82, 2.24) is 14.1 Å². The Labute approximate surface area is 202 Å². The highest BCUT2D eigenvalue weighted by Crippen LogP contribution is 2.29. The van der Waals surface area contributed by atoms with Gasteiger partial charge in [-0.25, -0.2) is 23.9 Å². The minimum Gasteiger partial charge on any atom is -0.478 e. The molecule has 1 heterocycles. The number of H-pyrrole nitrogens is 1. The van der Waals surface area contributed by atoms with Gasteiger partial charge in [-0.05, 0) is 74.1 Å². The molecule has 4 rings (SSSR count). The van der Waals surface area contributed by atoms with E-state index in [1.165, 1.54) is 16.7 Å². The number of benzene rings is 2. The maximum atomic E-state index is 13.1. The van der Waals surface area contributed by atoms with Gasteiger partial charge in [0.1, 0.15) is 11.5 Å². The number of hydrogen-bond donors (Lipinski definition) is 2. The number of carboxylic acids is 1. The molecule has 0 spiro atoms. The summed E-state index contributed by atoms with van der Waals surface area (Å²) in [5.41, 5.74) is 0.0740. The average Bonchev–Trinajstić information content (AvgIpc) is 2.84. The molecule has 3 aromatic rings. The number of aromatic nitrogens is 3. The molecule has 0 radical (unpaired) electrons. The highest BCUT2D eigenvalue weighted by Gasteiger charge is 2.20. The van der Waals surface area contributed by atoms with E-state index in [4.69, 9.17) is 9.84 Å². The molecule has 1 aliphatic rings. The maximum absolute atomic E-state index is 13.1. The zero-order valence-corrected chi connectivity index (χ0v) is 19.9. The number of nitrogens with zero attached hydrogens (tertiary/aromatic N) is 3. The van der Waals surface area contributed by atoms with Crippen LogP contribution in [0.3, 0.4) is 0 Å². The molecule has 2 N–H and O–H groups in total. The van der Waals surface area contributed by atoms with E-state index >= 15 is 0 Å². The van der Waals surface area contributed by atoms with E-state index in [-0.39, 0.29) is 23.4 Å². The van der Waals surface area contributed by atoms with Crippen LogP contribution in [0.1, 0.15) is 49.9 Å². The van der Waals surface area contributed by atoms with Crippen LogP contribution in [0.2, 0.25) is 0 Å².